The molecule has 1 aromatic carbocycles. The van der Waals surface area contributed by atoms with Crippen molar-refractivity contribution in [3.8, 4) is 0 Å². The van der Waals surface area contributed by atoms with E-state index in [1.807, 2.05) is 26.0 Å². The highest BCUT2D eigenvalue weighted by atomic mass is 16.3. The van der Waals surface area contributed by atoms with E-state index in [1.54, 1.807) is 13.0 Å². The first-order valence-electron chi connectivity index (χ1n) is 7.71. The van der Waals surface area contributed by atoms with Crippen LogP contribution in [0.25, 0.3) is 0 Å². The molecule has 23 heavy (non-hydrogen) atoms. The van der Waals surface area contributed by atoms with Gasteiger partial charge in [-0.05, 0) is 43.4 Å². The van der Waals surface area contributed by atoms with Crippen molar-refractivity contribution in [2.75, 3.05) is 0 Å². The Bertz CT molecular complexity index is 732. The number of furan rings is 1. The fourth-order valence-electron chi connectivity index (χ4n) is 2.33. The summed E-state index contributed by atoms with van der Waals surface area (Å²) in [4.78, 5) is 12.1. The minimum Gasteiger partial charge on any atom is -0.466 e. The Labute approximate surface area is 137 Å². The molecule has 2 rings (SSSR count). The first-order valence-corrected chi connectivity index (χ1v) is 7.71. The summed E-state index contributed by atoms with van der Waals surface area (Å²) in [6.07, 6.45) is 0. The summed E-state index contributed by atoms with van der Waals surface area (Å²) in [7, 11) is 0. The van der Waals surface area contributed by atoms with Crippen molar-refractivity contribution >= 4 is 11.6 Å². The van der Waals surface area contributed by atoms with Crippen LogP contribution in [0, 0.1) is 13.8 Å². The van der Waals surface area contributed by atoms with Crippen molar-refractivity contribution in [3.63, 3.8) is 0 Å². The first kappa shape index (κ1) is 17.0. The molecule has 0 saturated heterocycles. The molecule has 1 aromatic heterocycles. The molecule has 1 amide bonds. The zero-order valence-electron chi connectivity index (χ0n) is 14.7. The largest absolute Gasteiger partial charge is 0.466 e. The molecule has 0 saturated carbocycles. The summed E-state index contributed by atoms with van der Waals surface area (Å²) < 4.78 is 5.36. The van der Waals surface area contributed by atoms with Gasteiger partial charge in [0.1, 0.15) is 11.5 Å². The molecule has 0 radical (unpaired) electrons. The highest BCUT2D eigenvalue weighted by Crippen LogP contribution is 2.22. The minimum atomic E-state index is -0.259. The fourth-order valence-corrected chi connectivity index (χ4v) is 2.33. The lowest BCUT2D eigenvalue weighted by Crippen LogP contribution is -2.19. The van der Waals surface area contributed by atoms with Crippen molar-refractivity contribution in [2.45, 2.75) is 47.0 Å². The van der Waals surface area contributed by atoms with Crippen LogP contribution in [0.3, 0.4) is 0 Å². The molecule has 0 atom stereocenters. The van der Waals surface area contributed by atoms with E-state index >= 15 is 0 Å². The highest BCUT2D eigenvalue weighted by Gasteiger charge is 2.14. The van der Waals surface area contributed by atoms with E-state index in [2.05, 4.69) is 43.4 Å². The summed E-state index contributed by atoms with van der Waals surface area (Å²) in [6.45, 7) is 12.0. The molecule has 0 fully saturated rings. The molecule has 0 unspecified atom stereocenters. The Morgan fingerprint density at radius 1 is 1.13 bits per heavy atom. The van der Waals surface area contributed by atoms with Crippen molar-refractivity contribution in [1.29, 1.82) is 0 Å². The zero-order chi connectivity index (χ0) is 17.2. The van der Waals surface area contributed by atoms with Crippen LogP contribution >= 0.6 is 0 Å². The quantitative estimate of drug-likeness (QED) is 0.676. The third-order valence-corrected chi connectivity index (χ3v) is 3.78. The van der Waals surface area contributed by atoms with Gasteiger partial charge in [0.2, 0.25) is 0 Å². The van der Waals surface area contributed by atoms with E-state index in [1.165, 1.54) is 5.56 Å². The Kier molecular flexibility index (Phi) is 4.73. The normalized spacial score (nSPS) is 12.3. The maximum Gasteiger partial charge on any atom is 0.274 e. The summed E-state index contributed by atoms with van der Waals surface area (Å²) in [5.41, 5.74) is 6.23. The third-order valence-electron chi connectivity index (χ3n) is 3.78. The monoisotopic (exact) mass is 312 g/mol. The number of hydrogen-bond acceptors (Lipinski definition) is 3. The average molecular weight is 312 g/mol. The van der Waals surface area contributed by atoms with Crippen LogP contribution in [0.1, 0.15) is 60.7 Å². The fraction of sp³-hybridized carbons (Fsp3) is 0.368. The van der Waals surface area contributed by atoms with Crippen molar-refractivity contribution in [1.82, 2.24) is 5.43 Å². The Morgan fingerprint density at radius 3 is 2.22 bits per heavy atom. The second-order valence-electron chi connectivity index (χ2n) is 6.79. The van der Waals surface area contributed by atoms with Gasteiger partial charge in [-0.3, -0.25) is 4.79 Å². The number of hydrazone groups is 1. The predicted octanol–water partition coefficient (Wildman–Crippen LogP) is 4.35. The van der Waals surface area contributed by atoms with Crippen LogP contribution in [0.5, 0.6) is 0 Å². The second-order valence-corrected chi connectivity index (χ2v) is 6.79. The molecule has 1 heterocycles. The number of amides is 1. The van der Waals surface area contributed by atoms with Crippen LogP contribution < -0.4 is 5.43 Å². The summed E-state index contributed by atoms with van der Waals surface area (Å²) in [6, 6.07) is 9.96. The molecule has 4 heteroatoms. The van der Waals surface area contributed by atoms with E-state index < -0.39 is 0 Å². The molecule has 122 valence electrons. The van der Waals surface area contributed by atoms with Gasteiger partial charge < -0.3 is 4.42 Å². The average Bonchev–Trinajstić information content (AvgIpc) is 2.82. The lowest BCUT2D eigenvalue weighted by atomic mass is 9.86. The molecular weight excluding hydrogens is 288 g/mol. The van der Waals surface area contributed by atoms with Gasteiger partial charge in [0.05, 0.1) is 11.3 Å². The standard InChI is InChI=1S/C19H24N2O2/c1-12-11-17(14(3)23-12)18(22)21-20-13(2)15-7-9-16(10-8-15)19(4,5)6/h7-11H,1-6H3,(H,21,22). The summed E-state index contributed by atoms with van der Waals surface area (Å²) in [5.74, 6) is 1.05. The SMILES string of the molecule is CC(=NNC(=O)c1cc(C)oc1C)c1ccc(C(C)(C)C)cc1. The topological polar surface area (TPSA) is 54.6 Å². The van der Waals surface area contributed by atoms with Gasteiger partial charge in [0, 0.05) is 0 Å². The predicted molar refractivity (Wildman–Crippen MR) is 93.0 cm³/mol. The van der Waals surface area contributed by atoms with Gasteiger partial charge in [0.25, 0.3) is 5.91 Å². The highest BCUT2D eigenvalue weighted by molar-refractivity contribution is 6.01. The van der Waals surface area contributed by atoms with Crippen LogP contribution in [-0.4, -0.2) is 11.6 Å². The van der Waals surface area contributed by atoms with E-state index in [9.17, 15) is 4.79 Å². The smallest absolute Gasteiger partial charge is 0.274 e. The number of benzene rings is 1. The van der Waals surface area contributed by atoms with Crippen molar-refractivity contribution < 1.29 is 9.21 Å². The van der Waals surface area contributed by atoms with Gasteiger partial charge in [0.15, 0.2) is 0 Å². The number of carbonyl (C=O) groups excluding carboxylic acids is 1. The van der Waals surface area contributed by atoms with Crippen LogP contribution in [-0.2, 0) is 5.41 Å². The third kappa shape index (κ3) is 4.09. The molecule has 0 aliphatic rings. The molecule has 2 aromatic rings. The lowest BCUT2D eigenvalue weighted by Gasteiger charge is -2.19. The molecule has 0 spiro atoms. The number of hydrogen-bond donors (Lipinski definition) is 1. The second kappa shape index (κ2) is 6.41. The number of nitrogens with one attached hydrogen (secondary N) is 1. The summed E-state index contributed by atoms with van der Waals surface area (Å²) in [5, 5.41) is 4.19. The van der Waals surface area contributed by atoms with Gasteiger partial charge >= 0.3 is 0 Å². The van der Waals surface area contributed by atoms with E-state index in [0.29, 0.717) is 17.1 Å². The van der Waals surface area contributed by atoms with Gasteiger partial charge in [-0.15, -0.1) is 0 Å². The summed E-state index contributed by atoms with van der Waals surface area (Å²) >= 11 is 0. The van der Waals surface area contributed by atoms with Crippen molar-refractivity contribution in [3.05, 3.63) is 58.5 Å². The molecule has 0 aliphatic carbocycles. The van der Waals surface area contributed by atoms with Gasteiger partial charge in [-0.25, -0.2) is 5.43 Å². The zero-order valence-corrected chi connectivity index (χ0v) is 14.7. The van der Waals surface area contributed by atoms with Crippen LogP contribution in [0.15, 0.2) is 39.9 Å². The molecule has 0 bridgehead atoms. The molecule has 4 nitrogen and oxygen atoms in total. The van der Waals surface area contributed by atoms with Gasteiger partial charge in [-0.2, -0.15) is 5.10 Å². The van der Waals surface area contributed by atoms with E-state index in [-0.39, 0.29) is 11.3 Å². The van der Waals surface area contributed by atoms with E-state index in [0.717, 1.165) is 11.3 Å². The van der Waals surface area contributed by atoms with E-state index in [4.69, 9.17) is 4.42 Å². The molecule has 1 N–H and O–H groups in total. The van der Waals surface area contributed by atoms with Crippen LogP contribution in [0.4, 0.5) is 0 Å². The molecule has 0 aliphatic heterocycles. The van der Waals surface area contributed by atoms with Gasteiger partial charge in [-0.1, -0.05) is 45.0 Å². The number of nitrogens with zero attached hydrogens (tertiary/aromatic N) is 1. The maximum atomic E-state index is 12.1. The Hall–Kier alpha value is -2.36. The minimum absolute atomic E-state index is 0.120. The number of carbonyl (C=O) groups is 1. The Morgan fingerprint density at radius 2 is 1.74 bits per heavy atom. The number of rotatable bonds is 3. The van der Waals surface area contributed by atoms with Crippen LogP contribution in [0.2, 0.25) is 0 Å². The maximum absolute atomic E-state index is 12.1. The Balaban J connectivity index is 2.11. The number of aryl methyl sites for hydroxylation is 2. The molecular formula is C19H24N2O2. The lowest BCUT2D eigenvalue weighted by molar-refractivity contribution is 0.0953. The van der Waals surface area contributed by atoms with Crippen molar-refractivity contribution in [2.24, 2.45) is 5.10 Å². The first-order chi connectivity index (χ1) is 10.7.